The van der Waals surface area contributed by atoms with Crippen LogP contribution in [-0.2, 0) is 7.05 Å². The summed E-state index contributed by atoms with van der Waals surface area (Å²) in [5.41, 5.74) is 1.63. The first-order chi connectivity index (χ1) is 13.6. The number of benzene rings is 1. The molecule has 28 heavy (non-hydrogen) atoms. The molecule has 0 amide bonds. The maximum atomic E-state index is 10.7. The minimum absolute atomic E-state index is 0.0749. The van der Waals surface area contributed by atoms with Crippen LogP contribution in [0.15, 0.2) is 58.0 Å². The lowest BCUT2D eigenvalue weighted by atomic mass is 10.2. The average Bonchev–Trinajstić information content (AvgIpc) is 3.42. The lowest BCUT2D eigenvalue weighted by Gasteiger charge is -2.11. The van der Waals surface area contributed by atoms with Crippen LogP contribution in [0.3, 0.4) is 0 Å². The molecule has 140 valence electrons. The summed E-state index contributed by atoms with van der Waals surface area (Å²) in [6.07, 6.45) is 1.57. The number of H-pyrrole nitrogens is 1. The molecule has 1 atom stereocenters. The van der Waals surface area contributed by atoms with Crippen molar-refractivity contribution in [2.24, 2.45) is 7.05 Å². The highest BCUT2D eigenvalue weighted by atomic mass is 32.2. The van der Waals surface area contributed by atoms with E-state index in [1.165, 1.54) is 11.8 Å². The van der Waals surface area contributed by atoms with Gasteiger partial charge < -0.3 is 19.1 Å². The number of imidazole rings is 1. The molecule has 4 rings (SSSR count). The molecule has 0 aliphatic heterocycles. The smallest absolute Gasteiger partial charge is 0.200 e. The number of nitriles is 1. The fraction of sp³-hybridized carbons (Fsp3) is 0.158. The standard InChI is InChI=1S/C19H16N6O2S/c1-11(28-19-24-23-18(25(19)2)15-8-5-9-27-15)16(26)12(10-20)17-21-13-6-3-4-7-14(13)22-17/h3-9,11,26H,1-2H3,(H,21,22)/b16-12-. The largest absolute Gasteiger partial charge is 0.510 e. The summed E-state index contributed by atoms with van der Waals surface area (Å²) in [6, 6.07) is 13.1. The minimum atomic E-state index is -0.435. The molecule has 8 nitrogen and oxygen atoms in total. The van der Waals surface area contributed by atoms with Crippen molar-refractivity contribution in [3.63, 3.8) is 0 Å². The van der Waals surface area contributed by atoms with Crippen LogP contribution in [0, 0.1) is 11.3 Å². The molecule has 0 spiro atoms. The van der Waals surface area contributed by atoms with Gasteiger partial charge in [-0.3, -0.25) is 0 Å². The van der Waals surface area contributed by atoms with Crippen LogP contribution in [0.25, 0.3) is 28.2 Å². The molecule has 0 radical (unpaired) electrons. The molecule has 0 bridgehead atoms. The molecule has 0 aliphatic carbocycles. The van der Waals surface area contributed by atoms with Gasteiger partial charge in [-0.1, -0.05) is 23.9 Å². The topological polar surface area (TPSA) is 117 Å². The Labute approximate surface area is 164 Å². The summed E-state index contributed by atoms with van der Waals surface area (Å²) in [7, 11) is 1.82. The molecule has 0 aliphatic rings. The van der Waals surface area contributed by atoms with Crippen molar-refractivity contribution in [2.75, 3.05) is 0 Å². The van der Waals surface area contributed by atoms with Gasteiger partial charge in [0.1, 0.15) is 17.4 Å². The van der Waals surface area contributed by atoms with Gasteiger partial charge in [0.2, 0.25) is 0 Å². The molecule has 0 saturated carbocycles. The number of para-hydroxylation sites is 2. The van der Waals surface area contributed by atoms with Gasteiger partial charge in [0.15, 0.2) is 22.6 Å². The fourth-order valence-electron chi connectivity index (χ4n) is 2.76. The van der Waals surface area contributed by atoms with Crippen LogP contribution in [0.2, 0.25) is 0 Å². The third-order valence-corrected chi connectivity index (χ3v) is 5.38. The number of rotatable bonds is 5. The quantitative estimate of drug-likeness (QED) is 0.300. The Morgan fingerprint density at radius 1 is 1.29 bits per heavy atom. The van der Waals surface area contributed by atoms with Crippen LogP contribution in [0.4, 0.5) is 0 Å². The highest BCUT2D eigenvalue weighted by Crippen LogP contribution is 2.31. The van der Waals surface area contributed by atoms with Crippen LogP contribution in [0.1, 0.15) is 12.7 Å². The second-order valence-electron chi connectivity index (χ2n) is 6.08. The molecular formula is C19H16N6O2S. The van der Waals surface area contributed by atoms with Crippen molar-refractivity contribution >= 4 is 28.4 Å². The number of furan rings is 1. The first-order valence-electron chi connectivity index (χ1n) is 8.46. The highest BCUT2D eigenvalue weighted by Gasteiger charge is 2.22. The van der Waals surface area contributed by atoms with E-state index in [4.69, 9.17) is 4.42 Å². The van der Waals surface area contributed by atoms with Crippen LogP contribution < -0.4 is 0 Å². The molecule has 4 aromatic rings. The minimum Gasteiger partial charge on any atom is -0.510 e. The molecular weight excluding hydrogens is 376 g/mol. The number of hydrogen-bond donors (Lipinski definition) is 2. The Hall–Kier alpha value is -3.51. The van der Waals surface area contributed by atoms with Gasteiger partial charge >= 0.3 is 0 Å². The van der Waals surface area contributed by atoms with Gasteiger partial charge in [0.05, 0.1) is 22.5 Å². The van der Waals surface area contributed by atoms with E-state index in [9.17, 15) is 10.4 Å². The predicted octanol–water partition coefficient (Wildman–Crippen LogP) is 3.92. The Balaban J connectivity index is 1.63. The van der Waals surface area contributed by atoms with Crippen molar-refractivity contribution in [3.05, 3.63) is 54.2 Å². The average molecular weight is 392 g/mol. The zero-order chi connectivity index (χ0) is 19.7. The number of allylic oxidation sites excluding steroid dienone is 1. The Bertz CT molecular complexity index is 1170. The lowest BCUT2D eigenvalue weighted by Crippen LogP contribution is -2.06. The number of aliphatic hydroxyl groups is 1. The number of aliphatic hydroxyl groups excluding tert-OH is 1. The fourth-order valence-corrected chi connectivity index (χ4v) is 3.64. The van der Waals surface area contributed by atoms with Crippen LogP contribution in [0.5, 0.6) is 0 Å². The summed E-state index contributed by atoms with van der Waals surface area (Å²) < 4.78 is 7.14. The van der Waals surface area contributed by atoms with E-state index in [2.05, 4.69) is 26.2 Å². The van der Waals surface area contributed by atoms with E-state index in [1.807, 2.05) is 31.3 Å². The summed E-state index contributed by atoms with van der Waals surface area (Å²) in [4.78, 5) is 7.47. The van der Waals surface area contributed by atoms with Gasteiger partial charge in [0, 0.05) is 7.05 Å². The van der Waals surface area contributed by atoms with E-state index >= 15 is 0 Å². The normalized spacial score (nSPS) is 13.3. The van der Waals surface area contributed by atoms with E-state index in [1.54, 1.807) is 29.9 Å². The summed E-state index contributed by atoms with van der Waals surface area (Å²) in [5.74, 6) is 1.45. The molecule has 1 aromatic carbocycles. The number of aromatic nitrogens is 5. The predicted molar refractivity (Wildman–Crippen MR) is 105 cm³/mol. The number of nitrogens with zero attached hydrogens (tertiary/aromatic N) is 5. The van der Waals surface area contributed by atoms with Gasteiger partial charge in [-0.2, -0.15) is 5.26 Å². The van der Waals surface area contributed by atoms with Crippen LogP contribution in [-0.4, -0.2) is 35.1 Å². The first-order valence-corrected chi connectivity index (χ1v) is 9.34. The van der Waals surface area contributed by atoms with Gasteiger partial charge in [0.25, 0.3) is 0 Å². The SMILES string of the molecule is CC(Sc1nnc(-c2ccco2)n1C)/C(O)=C(\C#N)c1nc2ccccc2[nH]1. The molecule has 3 aromatic heterocycles. The number of fused-ring (bicyclic) bond motifs is 1. The zero-order valence-corrected chi connectivity index (χ0v) is 15.9. The Kier molecular flexibility index (Phi) is 4.63. The molecule has 0 fully saturated rings. The van der Waals surface area contributed by atoms with Crippen molar-refractivity contribution in [2.45, 2.75) is 17.3 Å². The summed E-state index contributed by atoms with van der Waals surface area (Å²) >= 11 is 1.29. The number of hydrogen-bond acceptors (Lipinski definition) is 7. The zero-order valence-electron chi connectivity index (χ0n) is 15.1. The van der Waals surface area contributed by atoms with Crippen molar-refractivity contribution in [3.8, 4) is 17.7 Å². The van der Waals surface area contributed by atoms with Gasteiger partial charge in [-0.15, -0.1) is 10.2 Å². The van der Waals surface area contributed by atoms with Crippen LogP contribution >= 0.6 is 11.8 Å². The van der Waals surface area contributed by atoms with Crippen molar-refractivity contribution in [1.82, 2.24) is 24.7 Å². The summed E-state index contributed by atoms with van der Waals surface area (Å²) in [5, 5.41) is 28.7. The highest BCUT2D eigenvalue weighted by molar-refractivity contribution is 7.99. The third-order valence-electron chi connectivity index (χ3n) is 4.24. The van der Waals surface area contributed by atoms with E-state index in [0.29, 0.717) is 22.6 Å². The lowest BCUT2D eigenvalue weighted by molar-refractivity contribution is 0.401. The monoisotopic (exact) mass is 392 g/mol. The number of nitrogens with one attached hydrogen (secondary N) is 1. The van der Waals surface area contributed by atoms with E-state index < -0.39 is 5.25 Å². The number of thioether (sulfide) groups is 1. The Morgan fingerprint density at radius 3 is 2.82 bits per heavy atom. The maximum absolute atomic E-state index is 10.7. The molecule has 1 unspecified atom stereocenters. The van der Waals surface area contributed by atoms with E-state index in [-0.39, 0.29) is 11.3 Å². The second kappa shape index (κ2) is 7.25. The summed E-state index contributed by atoms with van der Waals surface area (Å²) in [6.45, 7) is 1.79. The Morgan fingerprint density at radius 2 is 2.11 bits per heavy atom. The third kappa shape index (κ3) is 3.14. The number of aromatic amines is 1. The van der Waals surface area contributed by atoms with E-state index in [0.717, 1.165) is 11.0 Å². The molecule has 2 N–H and O–H groups in total. The maximum Gasteiger partial charge on any atom is 0.200 e. The second-order valence-corrected chi connectivity index (χ2v) is 7.39. The van der Waals surface area contributed by atoms with Crippen molar-refractivity contribution < 1.29 is 9.52 Å². The van der Waals surface area contributed by atoms with Gasteiger partial charge in [-0.05, 0) is 31.2 Å². The van der Waals surface area contributed by atoms with Crippen molar-refractivity contribution in [1.29, 1.82) is 5.26 Å². The molecule has 0 saturated heterocycles. The first kappa shape index (κ1) is 17.9. The van der Waals surface area contributed by atoms with Gasteiger partial charge in [-0.25, -0.2) is 4.98 Å². The molecule has 3 heterocycles. The molecule has 9 heteroatoms.